The van der Waals surface area contributed by atoms with Gasteiger partial charge in [0.1, 0.15) is 12.2 Å². The van der Waals surface area contributed by atoms with Crippen LogP contribution in [0.15, 0.2) is 36.4 Å². The topological polar surface area (TPSA) is 62.5 Å². The fraction of sp³-hybridized carbons (Fsp3) is 0.200. The first kappa shape index (κ1) is 15.1. The van der Waals surface area contributed by atoms with Crippen molar-refractivity contribution in [1.82, 2.24) is 4.57 Å². The van der Waals surface area contributed by atoms with Crippen LogP contribution >= 0.6 is 11.6 Å². The van der Waals surface area contributed by atoms with E-state index in [4.69, 9.17) is 16.7 Å². The van der Waals surface area contributed by atoms with Crippen molar-refractivity contribution in [1.29, 1.82) is 0 Å². The van der Waals surface area contributed by atoms with E-state index in [0.717, 1.165) is 5.69 Å². The highest BCUT2D eigenvalue weighted by molar-refractivity contribution is 6.30. The zero-order valence-corrected chi connectivity index (χ0v) is 12.5. The van der Waals surface area contributed by atoms with Gasteiger partial charge in [-0.3, -0.25) is 14.5 Å². The summed E-state index contributed by atoms with van der Waals surface area (Å²) < 4.78 is 1.73. The van der Waals surface area contributed by atoms with Gasteiger partial charge in [-0.2, -0.15) is 0 Å². The maximum atomic E-state index is 12.6. The molecule has 6 heteroatoms. The second-order valence-corrected chi connectivity index (χ2v) is 5.12. The van der Waals surface area contributed by atoms with Crippen LogP contribution in [0.3, 0.4) is 0 Å². The summed E-state index contributed by atoms with van der Waals surface area (Å²) in [6.45, 7) is 1.46. The SMILES string of the molecule is Cc1ccc(C(=O)N(CC(=O)O)c2ccc(Cl)cc2)n1C. The molecule has 110 valence electrons. The quantitative estimate of drug-likeness (QED) is 0.944. The maximum absolute atomic E-state index is 12.6. The molecular weight excluding hydrogens is 292 g/mol. The smallest absolute Gasteiger partial charge is 0.323 e. The minimum absolute atomic E-state index is 0.365. The van der Waals surface area contributed by atoms with Crippen molar-refractivity contribution in [3.8, 4) is 0 Å². The van der Waals surface area contributed by atoms with Gasteiger partial charge in [-0.05, 0) is 43.3 Å². The van der Waals surface area contributed by atoms with Crippen molar-refractivity contribution in [2.24, 2.45) is 7.05 Å². The molecule has 1 N–H and O–H groups in total. The number of carbonyl (C=O) groups is 2. The van der Waals surface area contributed by atoms with Crippen LogP contribution in [0.25, 0.3) is 0 Å². The molecular formula is C15H15ClN2O3. The Morgan fingerprint density at radius 1 is 1.19 bits per heavy atom. The van der Waals surface area contributed by atoms with E-state index in [-0.39, 0.29) is 5.91 Å². The summed E-state index contributed by atoms with van der Waals surface area (Å²) in [4.78, 5) is 24.9. The Morgan fingerprint density at radius 3 is 2.29 bits per heavy atom. The van der Waals surface area contributed by atoms with Gasteiger partial charge in [0.15, 0.2) is 0 Å². The highest BCUT2D eigenvalue weighted by atomic mass is 35.5. The molecule has 2 rings (SSSR count). The highest BCUT2D eigenvalue weighted by Gasteiger charge is 2.22. The van der Waals surface area contributed by atoms with E-state index in [0.29, 0.717) is 16.4 Å². The van der Waals surface area contributed by atoms with Gasteiger partial charge in [0.05, 0.1) is 0 Å². The van der Waals surface area contributed by atoms with Crippen molar-refractivity contribution >= 4 is 29.2 Å². The van der Waals surface area contributed by atoms with Crippen LogP contribution in [0.4, 0.5) is 5.69 Å². The Balaban J connectivity index is 2.40. The summed E-state index contributed by atoms with van der Waals surface area (Å²) in [6, 6.07) is 9.99. The molecule has 1 aromatic heterocycles. The van der Waals surface area contributed by atoms with Crippen LogP contribution in [-0.4, -0.2) is 28.1 Å². The number of rotatable bonds is 4. The van der Waals surface area contributed by atoms with Crippen molar-refractivity contribution < 1.29 is 14.7 Å². The molecule has 0 aliphatic rings. The van der Waals surface area contributed by atoms with Crippen molar-refractivity contribution in [3.63, 3.8) is 0 Å². The summed E-state index contributed by atoms with van der Waals surface area (Å²) in [5.41, 5.74) is 1.85. The summed E-state index contributed by atoms with van der Waals surface area (Å²) >= 11 is 5.82. The number of aromatic nitrogens is 1. The molecule has 0 radical (unpaired) electrons. The molecule has 0 fully saturated rings. The van der Waals surface area contributed by atoms with Crippen LogP contribution in [0.1, 0.15) is 16.2 Å². The molecule has 0 saturated heterocycles. The lowest BCUT2D eigenvalue weighted by Gasteiger charge is -2.21. The zero-order chi connectivity index (χ0) is 15.6. The Labute approximate surface area is 127 Å². The first-order valence-electron chi connectivity index (χ1n) is 6.31. The van der Waals surface area contributed by atoms with E-state index < -0.39 is 12.5 Å². The van der Waals surface area contributed by atoms with E-state index in [1.165, 1.54) is 4.90 Å². The van der Waals surface area contributed by atoms with E-state index in [2.05, 4.69) is 0 Å². The molecule has 21 heavy (non-hydrogen) atoms. The Morgan fingerprint density at radius 2 is 1.81 bits per heavy atom. The number of hydrogen-bond acceptors (Lipinski definition) is 2. The van der Waals surface area contributed by atoms with Gasteiger partial charge in [0.2, 0.25) is 0 Å². The molecule has 0 aliphatic carbocycles. The number of benzene rings is 1. The second-order valence-electron chi connectivity index (χ2n) is 4.68. The van der Waals surface area contributed by atoms with Crippen LogP contribution in [0, 0.1) is 6.92 Å². The average Bonchev–Trinajstić information content (AvgIpc) is 2.77. The second kappa shape index (κ2) is 6.01. The van der Waals surface area contributed by atoms with Gasteiger partial charge < -0.3 is 9.67 Å². The number of carboxylic acid groups (broad SMARTS) is 1. The monoisotopic (exact) mass is 306 g/mol. The summed E-state index contributed by atoms with van der Waals surface area (Å²) in [5.74, 6) is -1.44. The first-order valence-corrected chi connectivity index (χ1v) is 6.69. The predicted octanol–water partition coefficient (Wildman–Crippen LogP) is 2.72. The van der Waals surface area contributed by atoms with Gasteiger partial charge >= 0.3 is 5.97 Å². The lowest BCUT2D eigenvalue weighted by molar-refractivity contribution is -0.135. The molecule has 0 bridgehead atoms. The van der Waals surface area contributed by atoms with Crippen molar-refractivity contribution in [3.05, 3.63) is 52.8 Å². The van der Waals surface area contributed by atoms with E-state index >= 15 is 0 Å². The standard InChI is InChI=1S/C15H15ClN2O3/c1-10-3-8-13(17(10)2)15(21)18(9-14(19)20)12-6-4-11(16)5-7-12/h3-8H,9H2,1-2H3,(H,19,20). The Kier molecular flexibility index (Phi) is 4.33. The number of aryl methyl sites for hydroxylation is 1. The molecule has 0 spiro atoms. The molecule has 5 nitrogen and oxygen atoms in total. The number of nitrogens with zero attached hydrogens (tertiary/aromatic N) is 2. The largest absolute Gasteiger partial charge is 0.480 e. The molecule has 2 aromatic rings. The summed E-state index contributed by atoms with van der Waals surface area (Å²) in [7, 11) is 1.77. The van der Waals surface area contributed by atoms with E-state index in [1.54, 1.807) is 41.9 Å². The third-order valence-electron chi connectivity index (χ3n) is 3.27. The number of aliphatic carboxylic acids is 1. The number of anilines is 1. The first-order chi connectivity index (χ1) is 9.90. The minimum atomic E-state index is -1.08. The minimum Gasteiger partial charge on any atom is -0.480 e. The average molecular weight is 307 g/mol. The van der Waals surface area contributed by atoms with Gasteiger partial charge in [-0.15, -0.1) is 0 Å². The number of amides is 1. The molecule has 1 aromatic carbocycles. The molecule has 0 saturated carbocycles. The summed E-state index contributed by atoms with van der Waals surface area (Å²) in [6.07, 6.45) is 0. The highest BCUT2D eigenvalue weighted by Crippen LogP contribution is 2.20. The molecule has 0 aliphatic heterocycles. The van der Waals surface area contributed by atoms with Crippen LogP contribution in [-0.2, 0) is 11.8 Å². The normalized spacial score (nSPS) is 10.4. The number of halogens is 1. The Bertz CT molecular complexity index is 677. The maximum Gasteiger partial charge on any atom is 0.323 e. The van der Waals surface area contributed by atoms with Crippen molar-refractivity contribution in [2.75, 3.05) is 11.4 Å². The number of carbonyl (C=O) groups excluding carboxylic acids is 1. The molecule has 1 amide bonds. The molecule has 1 heterocycles. The van der Waals surface area contributed by atoms with Gasteiger partial charge in [0, 0.05) is 23.5 Å². The number of hydrogen-bond donors (Lipinski definition) is 1. The predicted molar refractivity (Wildman–Crippen MR) is 80.9 cm³/mol. The van der Waals surface area contributed by atoms with Crippen molar-refractivity contribution in [2.45, 2.75) is 6.92 Å². The van der Waals surface area contributed by atoms with Gasteiger partial charge in [0.25, 0.3) is 5.91 Å². The summed E-state index contributed by atoms with van der Waals surface area (Å²) in [5, 5.41) is 9.57. The fourth-order valence-corrected chi connectivity index (χ4v) is 2.13. The van der Waals surface area contributed by atoms with E-state index in [1.807, 2.05) is 13.0 Å². The van der Waals surface area contributed by atoms with E-state index in [9.17, 15) is 9.59 Å². The lowest BCUT2D eigenvalue weighted by Crippen LogP contribution is -2.36. The van der Waals surface area contributed by atoms with Crippen LogP contribution in [0.5, 0.6) is 0 Å². The van der Waals surface area contributed by atoms with Crippen LogP contribution < -0.4 is 4.90 Å². The van der Waals surface area contributed by atoms with Gasteiger partial charge in [-0.25, -0.2) is 0 Å². The Hall–Kier alpha value is -2.27. The molecule has 0 unspecified atom stereocenters. The van der Waals surface area contributed by atoms with Gasteiger partial charge in [-0.1, -0.05) is 11.6 Å². The zero-order valence-electron chi connectivity index (χ0n) is 11.7. The fourth-order valence-electron chi connectivity index (χ4n) is 2.00. The third kappa shape index (κ3) is 3.25. The molecule has 0 atom stereocenters. The third-order valence-corrected chi connectivity index (χ3v) is 3.52. The number of carboxylic acids is 1. The lowest BCUT2D eigenvalue weighted by atomic mass is 10.2. The van der Waals surface area contributed by atoms with Crippen LogP contribution in [0.2, 0.25) is 5.02 Å².